The van der Waals surface area contributed by atoms with Gasteiger partial charge in [-0.3, -0.25) is 4.79 Å². The second-order valence-corrected chi connectivity index (χ2v) is 4.64. The molecule has 5 heteroatoms. The van der Waals surface area contributed by atoms with Gasteiger partial charge in [0.05, 0.1) is 12.1 Å². The van der Waals surface area contributed by atoms with E-state index in [0.29, 0.717) is 17.9 Å². The van der Waals surface area contributed by atoms with Crippen molar-refractivity contribution in [2.45, 2.75) is 6.42 Å². The molecule has 1 aromatic heterocycles. The van der Waals surface area contributed by atoms with Crippen LogP contribution in [0, 0.1) is 0 Å². The zero-order valence-electron chi connectivity index (χ0n) is 10.1. The van der Waals surface area contributed by atoms with E-state index >= 15 is 0 Å². The Kier molecular flexibility index (Phi) is 4.30. The zero-order valence-corrected chi connectivity index (χ0v) is 10.9. The molecule has 0 unspecified atom stereocenters. The van der Waals surface area contributed by atoms with Gasteiger partial charge >= 0.3 is 0 Å². The first-order valence-corrected chi connectivity index (χ1v) is 6.48. The molecule has 0 spiro atoms. The van der Waals surface area contributed by atoms with Crippen LogP contribution in [0.3, 0.4) is 0 Å². The van der Waals surface area contributed by atoms with Crippen molar-refractivity contribution in [3.8, 4) is 5.75 Å². The Bertz CT molecular complexity index is 511. The number of nitrogens with zero attached hydrogens (tertiary/aromatic N) is 1. The lowest BCUT2D eigenvalue weighted by atomic mass is 10.2. The van der Waals surface area contributed by atoms with Crippen molar-refractivity contribution in [3.63, 3.8) is 0 Å². The second-order valence-electron chi connectivity index (χ2n) is 3.66. The summed E-state index contributed by atoms with van der Waals surface area (Å²) in [5, 5.41) is 5.82. The lowest BCUT2D eigenvalue weighted by Gasteiger charge is -2.05. The number of methoxy groups -OCH3 is 1. The molecule has 4 nitrogen and oxygen atoms in total. The molecule has 0 bridgehead atoms. The first-order valence-electron chi connectivity index (χ1n) is 5.60. The molecule has 18 heavy (non-hydrogen) atoms. The van der Waals surface area contributed by atoms with E-state index in [1.54, 1.807) is 42.8 Å². The smallest absolute Gasteiger partial charge is 0.251 e. The molecule has 2 aromatic rings. The van der Waals surface area contributed by atoms with Crippen LogP contribution in [0.1, 0.15) is 15.4 Å². The lowest BCUT2D eigenvalue weighted by Crippen LogP contribution is -2.25. The molecule has 1 amide bonds. The number of carbonyl (C=O) groups excluding carboxylic acids is 1. The van der Waals surface area contributed by atoms with Crippen LogP contribution in [0.2, 0.25) is 0 Å². The van der Waals surface area contributed by atoms with Crippen molar-refractivity contribution in [1.29, 1.82) is 0 Å². The quantitative estimate of drug-likeness (QED) is 0.898. The second kappa shape index (κ2) is 6.16. The van der Waals surface area contributed by atoms with E-state index in [0.717, 1.165) is 11.4 Å². The van der Waals surface area contributed by atoms with Crippen LogP contribution in [-0.4, -0.2) is 24.5 Å². The van der Waals surface area contributed by atoms with Crippen LogP contribution in [0.25, 0.3) is 0 Å². The highest BCUT2D eigenvalue weighted by molar-refractivity contribution is 7.09. The summed E-state index contributed by atoms with van der Waals surface area (Å²) >= 11 is 1.59. The third-order valence-corrected chi connectivity index (χ3v) is 3.28. The number of carbonyl (C=O) groups is 1. The van der Waals surface area contributed by atoms with E-state index in [4.69, 9.17) is 4.74 Å². The summed E-state index contributed by atoms with van der Waals surface area (Å²) in [6, 6.07) is 7.10. The van der Waals surface area contributed by atoms with Crippen molar-refractivity contribution < 1.29 is 9.53 Å². The van der Waals surface area contributed by atoms with Gasteiger partial charge < -0.3 is 10.1 Å². The SMILES string of the molecule is COc1cccc(C(=O)NCCc2nccs2)c1. The summed E-state index contributed by atoms with van der Waals surface area (Å²) < 4.78 is 5.08. The average Bonchev–Trinajstić information content (AvgIpc) is 2.92. The van der Waals surface area contributed by atoms with Crippen LogP contribution >= 0.6 is 11.3 Å². The van der Waals surface area contributed by atoms with Gasteiger partial charge in [-0.2, -0.15) is 0 Å². The molecular weight excluding hydrogens is 248 g/mol. The number of ether oxygens (including phenoxy) is 1. The maximum atomic E-state index is 11.9. The standard InChI is InChI=1S/C13H14N2O2S/c1-17-11-4-2-3-10(9-11)13(16)15-6-5-12-14-7-8-18-12/h2-4,7-9H,5-6H2,1H3,(H,15,16). The number of hydrogen-bond acceptors (Lipinski definition) is 4. The van der Waals surface area contributed by atoms with Crippen LogP contribution in [0.4, 0.5) is 0 Å². The van der Waals surface area contributed by atoms with Crippen LogP contribution in [0.15, 0.2) is 35.8 Å². The van der Waals surface area contributed by atoms with Gasteiger partial charge in [0.25, 0.3) is 5.91 Å². The topological polar surface area (TPSA) is 51.2 Å². The van der Waals surface area contributed by atoms with Gasteiger partial charge in [0.2, 0.25) is 0 Å². The highest BCUT2D eigenvalue weighted by atomic mass is 32.1. The van der Waals surface area contributed by atoms with Crippen molar-refractivity contribution in [2.24, 2.45) is 0 Å². The Balaban J connectivity index is 1.87. The van der Waals surface area contributed by atoms with Gasteiger partial charge in [-0.15, -0.1) is 11.3 Å². The number of benzene rings is 1. The first kappa shape index (κ1) is 12.6. The minimum Gasteiger partial charge on any atom is -0.497 e. The molecule has 2 rings (SSSR count). The van der Waals surface area contributed by atoms with Crippen molar-refractivity contribution >= 4 is 17.2 Å². The van der Waals surface area contributed by atoms with Crippen LogP contribution in [-0.2, 0) is 6.42 Å². The van der Waals surface area contributed by atoms with E-state index in [1.807, 2.05) is 11.4 Å². The summed E-state index contributed by atoms with van der Waals surface area (Å²) in [7, 11) is 1.58. The lowest BCUT2D eigenvalue weighted by molar-refractivity contribution is 0.0954. The molecule has 1 aromatic carbocycles. The first-order chi connectivity index (χ1) is 8.79. The molecule has 0 saturated carbocycles. The van der Waals surface area contributed by atoms with Gasteiger partial charge in [-0.05, 0) is 18.2 Å². The minimum absolute atomic E-state index is 0.0922. The fourth-order valence-corrected chi connectivity index (χ4v) is 2.15. The van der Waals surface area contributed by atoms with Gasteiger partial charge in [0, 0.05) is 30.1 Å². The monoisotopic (exact) mass is 262 g/mol. The number of amides is 1. The predicted octanol–water partition coefficient (Wildman–Crippen LogP) is 2.12. The average molecular weight is 262 g/mol. The molecule has 0 aliphatic carbocycles. The molecule has 0 aliphatic rings. The molecule has 1 heterocycles. The van der Waals surface area contributed by atoms with Gasteiger partial charge in [0.1, 0.15) is 5.75 Å². The van der Waals surface area contributed by atoms with E-state index in [9.17, 15) is 4.79 Å². The largest absolute Gasteiger partial charge is 0.497 e. The number of thiazole rings is 1. The number of aromatic nitrogens is 1. The normalized spacial score (nSPS) is 10.1. The molecule has 0 aliphatic heterocycles. The fourth-order valence-electron chi connectivity index (χ4n) is 1.53. The Hall–Kier alpha value is -1.88. The Morgan fingerprint density at radius 3 is 3.11 bits per heavy atom. The van der Waals surface area contributed by atoms with E-state index < -0.39 is 0 Å². The molecule has 0 fully saturated rings. The Labute approximate surface area is 110 Å². The summed E-state index contributed by atoms with van der Waals surface area (Å²) in [6.45, 7) is 0.587. The predicted molar refractivity (Wildman–Crippen MR) is 71.1 cm³/mol. The molecule has 94 valence electrons. The maximum Gasteiger partial charge on any atom is 0.251 e. The molecule has 1 N–H and O–H groups in total. The summed E-state index contributed by atoms with van der Waals surface area (Å²) in [5.74, 6) is 0.591. The van der Waals surface area contributed by atoms with Gasteiger partial charge in [0.15, 0.2) is 0 Å². The molecular formula is C13H14N2O2S. The number of rotatable bonds is 5. The van der Waals surface area contributed by atoms with Crippen molar-refractivity contribution in [3.05, 3.63) is 46.4 Å². The third-order valence-electron chi connectivity index (χ3n) is 2.44. The number of nitrogens with one attached hydrogen (secondary N) is 1. The van der Waals surface area contributed by atoms with E-state index in [2.05, 4.69) is 10.3 Å². The minimum atomic E-state index is -0.0922. The fraction of sp³-hybridized carbons (Fsp3) is 0.231. The van der Waals surface area contributed by atoms with Crippen LogP contribution < -0.4 is 10.1 Å². The zero-order chi connectivity index (χ0) is 12.8. The summed E-state index contributed by atoms with van der Waals surface area (Å²) in [6.07, 6.45) is 2.53. The van der Waals surface area contributed by atoms with Crippen molar-refractivity contribution in [1.82, 2.24) is 10.3 Å². The summed E-state index contributed by atoms with van der Waals surface area (Å²) in [4.78, 5) is 16.0. The Morgan fingerprint density at radius 1 is 1.50 bits per heavy atom. The molecule has 0 saturated heterocycles. The van der Waals surface area contributed by atoms with E-state index in [1.165, 1.54) is 0 Å². The maximum absolute atomic E-state index is 11.9. The third kappa shape index (κ3) is 3.30. The Morgan fingerprint density at radius 2 is 2.39 bits per heavy atom. The van der Waals surface area contributed by atoms with Crippen molar-refractivity contribution in [2.75, 3.05) is 13.7 Å². The van der Waals surface area contributed by atoms with E-state index in [-0.39, 0.29) is 5.91 Å². The molecule has 0 atom stereocenters. The molecule has 0 radical (unpaired) electrons. The highest BCUT2D eigenvalue weighted by Crippen LogP contribution is 2.12. The van der Waals surface area contributed by atoms with Gasteiger partial charge in [-0.1, -0.05) is 6.07 Å². The van der Waals surface area contributed by atoms with Gasteiger partial charge in [-0.25, -0.2) is 4.98 Å². The number of hydrogen-bond donors (Lipinski definition) is 1. The highest BCUT2D eigenvalue weighted by Gasteiger charge is 2.06. The summed E-state index contributed by atoms with van der Waals surface area (Å²) in [5.41, 5.74) is 0.605. The van der Waals surface area contributed by atoms with Crippen LogP contribution in [0.5, 0.6) is 5.75 Å².